The van der Waals surface area contributed by atoms with E-state index in [1.54, 1.807) is 5.56 Å². The third-order valence-electron chi connectivity index (χ3n) is 5.78. The van der Waals surface area contributed by atoms with E-state index in [0.717, 1.165) is 19.0 Å². The smallest absolute Gasteiger partial charge is 0.0383 e. The van der Waals surface area contributed by atoms with Crippen molar-refractivity contribution in [1.29, 1.82) is 0 Å². The Kier molecular flexibility index (Phi) is 8.02. The van der Waals surface area contributed by atoms with Crippen molar-refractivity contribution >= 4 is 35.6 Å². The molecule has 2 aromatic carbocycles. The van der Waals surface area contributed by atoms with E-state index in [4.69, 9.17) is 0 Å². The lowest BCUT2D eigenvalue weighted by Crippen LogP contribution is -2.47. The first-order valence-corrected chi connectivity index (χ1v) is 9.36. The molecule has 1 heterocycles. The van der Waals surface area contributed by atoms with Gasteiger partial charge in [-0.25, -0.2) is 0 Å². The Bertz CT molecular complexity index is 626. The lowest BCUT2D eigenvalue weighted by atomic mass is 9.79. The molecule has 2 aromatic rings. The maximum atomic E-state index is 3.52. The Labute approximate surface area is 164 Å². The Balaban J connectivity index is 0.00000113. The number of fused-ring (bicyclic) bond motifs is 1. The van der Waals surface area contributed by atoms with Crippen LogP contribution < -0.4 is 5.32 Å². The molecule has 25 heavy (non-hydrogen) atoms. The zero-order valence-electron chi connectivity index (χ0n) is 14.8. The van der Waals surface area contributed by atoms with Crippen LogP contribution in [0.2, 0.25) is 0 Å². The Morgan fingerprint density at radius 1 is 0.840 bits per heavy atom. The standard InChI is InChI=1S/C21H28N2.2ClH/c1-2-8-18(9-3-1)21(23-15-13-22-14-16-23)20-12-6-10-17-7-4-5-11-19(17)20;;/h4-7,10-12,18,21-22H,1-3,8-9,13-16H2;2*1H/t21-;;/m1../s1. The summed E-state index contributed by atoms with van der Waals surface area (Å²) in [7, 11) is 0. The van der Waals surface area contributed by atoms with E-state index in [2.05, 4.69) is 52.7 Å². The maximum absolute atomic E-state index is 3.52. The summed E-state index contributed by atoms with van der Waals surface area (Å²) in [5, 5.41) is 6.37. The first-order chi connectivity index (χ1) is 11.4. The van der Waals surface area contributed by atoms with Crippen LogP contribution >= 0.6 is 24.8 Å². The molecule has 4 heteroatoms. The second kappa shape index (κ2) is 9.78. The molecule has 2 nitrogen and oxygen atoms in total. The number of hydrogen-bond donors (Lipinski definition) is 1. The fourth-order valence-electron chi connectivity index (χ4n) is 4.67. The van der Waals surface area contributed by atoms with E-state index in [0.29, 0.717) is 6.04 Å². The number of piperazine rings is 1. The van der Waals surface area contributed by atoms with E-state index in [1.165, 1.54) is 56.0 Å². The monoisotopic (exact) mass is 380 g/mol. The third kappa shape index (κ3) is 4.49. The van der Waals surface area contributed by atoms with E-state index < -0.39 is 0 Å². The van der Waals surface area contributed by atoms with Gasteiger partial charge in [0.15, 0.2) is 0 Å². The number of hydrogen-bond acceptors (Lipinski definition) is 2. The largest absolute Gasteiger partial charge is 0.314 e. The van der Waals surface area contributed by atoms with Crippen LogP contribution in [-0.4, -0.2) is 31.1 Å². The molecule has 1 aliphatic heterocycles. The lowest BCUT2D eigenvalue weighted by Gasteiger charge is -2.41. The van der Waals surface area contributed by atoms with Gasteiger partial charge in [-0.2, -0.15) is 0 Å². The molecule has 138 valence electrons. The van der Waals surface area contributed by atoms with Crippen molar-refractivity contribution in [3.05, 3.63) is 48.0 Å². The van der Waals surface area contributed by atoms with Crippen molar-refractivity contribution in [1.82, 2.24) is 10.2 Å². The van der Waals surface area contributed by atoms with Crippen molar-refractivity contribution in [2.45, 2.75) is 38.1 Å². The second-order valence-corrected chi connectivity index (χ2v) is 7.20. The van der Waals surface area contributed by atoms with Crippen LogP contribution in [0.25, 0.3) is 10.8 Å². The molecule has 1 N–H and O–H groups in total. The normalized spacial score (nSPS) is 20.5. The molecular formula is C21H30Cl2N2. The maximum Gasteiger partial charge on any atom is 0.0383 e. The molecule has 0 spiro atoms. The zero-order valence-corrected chi connectivity index (χ0v) is 16.5. The van der Waals surface area contributed by atoms with Gasteiger partial charge in [0.2, 0.25) is 0 Å². The highest BCUT2D eigenvalue weighted by Crippen LogP contribution is 2.40. The summed E-state index contributed by atoms with van der Waals surface area (Å²) in [6.07, 6.45) is 7.06. The molecular weight excluding hydrogens is 351 g/mol. The Hall–Kier alpha value is -0.800. The summed E-state index contributed by atoms with van der Waals surface area (Å²) in [5.74, 6) is 0.827. The highest BCUT2D eigenvalue weighted by Gasteiger charge is 2.31. The minimum absolute atomic E-state index is 0. The van der Waals surface area contributed by atoms with Crippen molar-refractivity contribution in [3.8, 4) is 0 Å². The average molecular weight is 381 g/mol. The van der Waals surface area contributed by atoms with Crippen LogP contribution in [0.15, 0.2) is 42.5 Å². The molecule has 0 bridgehead atoms. The number of halogens is 2. The van der Waals surface area contributed by atoms with Gasteiger partial charge in [-0.3, -0.25) is 4.90 Å². The van der Waals surface area contributed by atoms with Crippen LogP contribution in [0.3, 0.4) is 0 Å². The number of benzene rings is 2. The van der Waals surface area contributed by atoms with E-state index in [9.17, 15) is 0 Å². The highest BCUT2D eigenvalue weighted by atomic mass is 35.5. The number of rotatable bonds is 3. The topological polar surface area (TPSA) is 15.3 Å². The molecule has 0 amide bonds. The molecule has 2 fully saturated rings. The van der Waals surface area contributed by atoms with Crippen LogP contribution in [0.4, 0.5) is 0 Å². The van der Waals surface area contributed by atoms with E-state index in [-0.39, 0.29) is 24.8 Å². The minimum Gasteiger partial charge on any atom is -0.314 e. The predicted octanol–water partition coefficient (Wildman–Crippen LogP) is 5.21. The van der Waals surface area contributed by atoms with Crippen LogP contribution in [0, 0.1) is 5.92 Å². The quantitative estimate of drug-likeness (QED) is 0.785. The summed E-state index contributed by atoms with van der Waals surface area (Å²) in [6.45, 7) is 4.64. The van der Waals surface area contributed by atoms with Crippen LogP contribution in [-0.2, 0) is 0 Å². The van der Waals surface area contributed by atoms with Crippen LogP contribution in [0.5, 0.6) is 0 Å². The second-order valence-electron chi connectivity index (χ2n) is 7.20. The van der Waals surface area contributed by atoms with Gasteiger partial charge >= 0.3 is 0 Å². The third-order valence-corrected chi connectivity index (χ3v) is 5.78. The van der Waals surface area contributed by atoms with Crippen molar-refractivity contribution in [3.63, 3.8) is 0 Å². The summed E-state index contributed by atoms with van der Waals surface area (Å²) in [4.78, 5) is 2.76. The molecule has 4 rings (SSSR count). The Morgan fingerprint density at radius 3 is 2.28 bits per heavy atom. The molecule has 2 aliphatic rings. The Morgan fingerprint density at radius 2 is 1.52 bits per heavy atom. The van der Waals surface area contributed by atoms with E-state index in [1.807, 2.05) is 0 Å². The average Bonchev–Trinajstić information content (AvgIpc) is 2.64. The van der Waals surface area contributed by atoms with Crippen LogP contribution in [0.1, 0.15) is 43.7 Å². The molecule has 0 aromatic heterocycles. The molecule has 1 aliphatic carbocycles. The molecule has 0 unspecified atom stereocenters. The first kappa shape index (κ1) is 20.5. The van der Waals surface area contributed by atoms with Gasteiger partial charge < -0.3 is 5.32 Å². The fraction of sp³-hybridized carbons (Fsp3) is 0.524. The lowest BCUT2D eigenvalue weighted by molar-refractivity contribution is 0.104. The minimum atomic E-state index is 0. The fourth-order valence-corrected chi connectivity index (χ4v) is 4.67. The van der Waals surface area contributed by atoms with Gasteiger partial charge in [-0.15, -0.1) is 24.8 Å². The van der Waals surface area contributed by atoms with Crippen molar-refractivity contribution in [2.75, 3.05) is 26.2 Å². The van der Waals surface area contributed by atoms with Gasteiger partial charge in [0.05, 0.1) is 0 Å². The van der Waals surface area contributed by atoms with E-state index >= 15 is 0 Å². The SMILES string of the molecule is Cl.Cl.c1ccc2c([C@@H](C3CCCCC3)N3CCNCC3)cccc2c1. The predicted molar refractivity (Wildman–Crippen MR) is 112 cm³/mol. The molecule has 0 radical (unpaired) electrons. The van der Waals surface area contributed by atoms with Crippen molar-refractivity contribution in [2.24, 2.45) is 5.92 Å². The first-order valence-electron chi connectivity index (χ1n) is 9.36. The number of nitrogens with one attached hydrogen (secondary N) is 1. The molecule has 1 atom stereocenters. The zero-order chi connectivity index (χ0) is 15.5. The number of nitrogens with zero attached hydrogens (tertiary/aromatic N) is 1. The van der Waals surface area contributed by atoms with Gasteiger partial charge in [0, 0.05) is 32.2 Å². The summed E-state index contributed by atoms with van der Waals surface area (Å²) in [5.41, 5.74) is 1.57. The summed E-state index contributed by atoms with van der Waals surface area (Å²) >= 11 is 0. The van der Waals surface area contributed by atoms with Gasteiger partial charge in [0.1, 0.15) is 0 Å². The molecule has 1 saturated heterocycles. The molecule has 1 saturated carbocycles. The van der Waals surface area contributed by atoms with Gasteiger partial charge in [0.25, 0.3) is 0 Å². The van der Waals surface area contributed by atoms with Gasteiger partial charge in [-0.1, -0.05) is 61.7 Å². The highest BCUT2D eigenvalue weighted by molar-refractivity contribution is 5.86. The summed E-state index contributed by atoms with van der Waals surface area (Å²) < 4.78 is 0. The van der Waals surface area contributed by atoms with Crippen molar-refractivity contribution < 1.29 is 0 Å². The van der Waals surface area contributed by atoms with Gasteiger partial charge in [-0.05, 0) is 35.1 Å². The summed E-state index contributed by atoms with van der Waals surface area (Å²) in [6, 6.07) is 16.4.